The summed E-state index contributed by atoms with van der Waals surface area (Å²) in [6.45, 7) is 1.80. The van der Waals surface area contributed by atoms with E-state index in [-0.39, 0.29) is 0 Å². The van der Waals surface area contributed by atoms with Crippen molar-refractivity contribution in [2.45, 2.75) is 31.3 Å². The number of ether oxygens (including phenoxy) is 1. The molecule has 1 unspecified atom stereocenters. The van der Waals surface area contributed by atoms with E-state index in [1.807, 2.05) is 11.3 Å². The lowest BCUT2D eigenvalue weighted by molar-refractivity contribution is -0.0109. The van der Waals surface area contributed by atoms with Crippen molar-refractivity contribution < 1.29 is 4.74 Å². The van der Waals surface area contributed by atoms with Crippen molar-refractivity contribution in [2.24, 2.45) is 0 Å². The molecule has 1 atom stereocenters. The van der Waals surface area contributed by atoms with Crippen molar-refractivity contribution in [3.63, 3.8) is 0 Å². The minimum absolute atomic E-state index is 0.596. The molecular weight excluding hydrogens is 194 g/mol. The van der Waals surface area contributed by atoms with Crippen LogP contribution in [0.25, 0.3) is 0 Å². The Kier molecular flexibility index (Phi) is 2.32. The van der Waals surface area contributed by atoms with Crippen LogP contribution in [0.2, 0.25) is 0 Å². The van der Waals surface area contributed by atoms with Gasteiger partial charge in [-0.3, -0.25) is 0 Å². The van der Waals surface area contributed by atoms with Crippen molar-refractivity contribution >= 4 is 11.3 Å². The Balaban J connectivity index is 1.74. The van der Waals surface area contributed by atoms with Gasteiger partial charge in [-0.1, -0.05) is 0 Å². The van der Waals surface area contributed by atoms with Crippen LogP contribution in [-0.2, 0) is 11.2 Å². The standard InChI is InChI=1S/C11H15NOS/c1-2-10(12-8-6-13-7-8)9-4-5-14-11(9)3-1/h4-5,8,10,12H,1-3,6-7H2. The van der Waals surface area contributed by atoms with E-state index in [9.17, 15) is 0 Å². The molecule has 0 aromatic carbocycles. The zero-order chi connectivity index (χ0) is 9.38. The molecule has 1 N–H and O–H groups in total. The first kappa shape index (κ1) is 8.89. The fraction of sp³-hybridized carbons (Fsp3) is 0.636. The molecule has 14 heavy (non-hydrogen) atoms. The number of thiophene rings is 1. The fourth-order valence-electron chi connectivity index (χ4n) is 2.28. The number of fused-ring (bicyclic) bond motifs is 1. The molecule has 3 heteroatoms. The minimum atomic E-state index is 0.596. The Hall–Kier alpha value is -0.380. The van der Waals surface area contributed by atoms with Crippen LogP contribution in [0.3, 0.4) is 0 Å². The normalized spacial score (nSPS) is 27.0. The summed E-state index contributed by atoms with van der Waals surface area (Å²) in [5.74, 6) is 0. The molecule has 2 nitrogen and oxygen atoms in total. The smallest absolute Gasteiger partial charge is 0.0643 e. The molecule has 2 aliphatic rings. The summed E-state index contributed by atoms with van der Waals surface area (Å²) in [6, 6.07) is 3.49. The third-order valence-corrected chi connectivity index (χ3v) is 4.12. The van der Waals surface area contributed by atoms with Gasteiger partial charge in [-0.15, -0.1) is 11.3 Å². The molecule has 1 aromatic rings. The summed E-state index contributed by atoms with van der Waals surface area (Å²) in [6.07, 6.45) is 3.91. The number of aryl methyl sites for hydroxylation is 1. The van der Waals surface area contributed by atoms with Crippen molar-refractivity contribution in [3.05, 3.63) is 21.9 Å². The average Bonchev–Trinajstić information content (AvgIpc) is 2.59. The predicted octanol–water partition coefficient (Wildman–Crippen LogP) is 2.11. The summed E-state index contributed by atoms with van der Waals surface area (Å²) in [5.41, 5.74) is 1.55. The highest BCUT2D eigenvalue weighted by Gasteiger charge is 2.26. The van der Waals surface area contributed by atoms with Gasteiger partial charge in [0.1, 0.15) is 0 Å². The quantitative estimate of drug-likeness (QED) is 0.805. The van der Waals surface area contributed by atoms with Crippen LogP contribution in [0.1, 0.15) is 29.3 Å². The second-order valence-electron chi connectivity index (χ2n) is 4.14. The van der Waals surface area contributed by atoms with Gasteiger partial charge in [-0.05, 0) is 36.3 Å². The third kappa shape index (κ3) is 1.49. The van der Waals surface area contributed by atoms with Gasteiger partial charge in [-0.2, -0.15) is 0 Å². The topological polar surface area (TPSA) is 21.3 Å². The summed E-state index contributed by atoms with van der Waals surface area (Å²) < 4.78 is 5.19. The van der Waals surface area contributed by atoms with Crippen molar-refractivity contribution in [3.8, 4) is 0 Å². The average molecular weight is 209 g/mol. The van der Waals surface area contributed by atoms with Gasteiger partial charge in [0.05, 0.1) is 19.3 Å². The predicted molar refractivity (Wildman–Crippen MR) is 57.7 cm³/mol. The lowest BCUT2D eigenvalue weighted by atomic mass is 9.93. The van der Waals surface area contributed by atoms with Gasteiger partial charge in [0.15, 0.2) is 0 Å². The molecule has 1 saturated heterocycles. The maximum absolute atomic E-state index is 5.19. The first-order valence-corrected chi connectivity index (χ1v) is 6.21. The molecule has 0 bridgehead atoms. The monoisotopic (exact) mass is 209 g/mol. The van der Waals surface area contributed by atoms with E-state index in [0.29, 0.717) is 12.1 Å². The van der Waals surface area contributed by atoms with E-state index >= 15 is 0 Å². The lowest BCUT2D eigenvalue weighted by Crippen LogP contribution is -2.47. The maximum atomic E-state index is 5.19. The molecule has 1 aliphatic heterocycles. The largest absolute Gasteiger partial charge is 0.378 e. The SMILES string of the molecule is c1cc2c(s1)CCCC2NC1COC1. The van der Waals surface area contributed by atoms with Crippen molar-refractivity contribution in [2.75, 3.05) is 13.2 Å². The maximum Gasteiger partial charge on any atom is 0.0643 e. The molecule has 0 radical (unpaired) electrons. The number of nitrogens with one attached hydrogen (secondary N) is 1. The van der Waals surface area contributed by atoms with Crippen LogP contribution in [0.5, 0.6) is 0 Å². The highest BCUT2D eigenvalue weighted by atomic mass is 32.1. The van der Waals surface area contributed by atoms with E-state index < -0.39 is 0 Å². The molecule has 1 aromatic heterocycles. The van der Waals surface area contributed by atoms with Crippen molar-refractivity contribution in [1.29, 1.82) is 0 Å². The fourth-order valence-corrected chi connectivity index (χ4v) is 3.26. The van der Waals surface area contributed by atoms with Gasteiger partial charge in [-0.25, -0.2) is 0 Å². The van der Waals surface area contributed by atoms with Gasteiger partial charge < -0.3 is 10.1 Å². The molecule has 0 amide bonds. The molecule has 2 heterocycles. The number of hydrogen-bond acceptors (Lipinski definition) is 3. The van der Waals surface area contributed by atoms with Crippen LogP contribution in [0.15, 0.2) is 11.4 Å². The molecule has 0 saturated carbocycles. The van der Waals surface area contributed by atoms with Crippen molar-refractivity contribution in [1.82, 2.24) is 5.32 Å². The van der Waals surface area contributed by atoms with E-state index in [4.69, 9.17) is 4.74 Å². The van der Waals surface area contributed by atoms with Gasteiger partial charge >= 0.3 is 0 Å². The highest BCUT2D eigenvalue weighted by molar-refractivity contribution is 7.10. The zero-order valence-corrected chi connectivity index (χ0v) is 8.98. The molecule has 76 valence electrons. The lowest BCUT2D eigenvalue weighted by Gasteiger charge is -2.33. The minimum Gasteiger partial charge on any atom is -0.378 e. The first-order chi connectivity index (χ1) is 6.93. The van der Waals surface area contributed by atoms with Crippen LogP contribution in [-0.4, -0.2) is 19.3 Å². The molecule has 1 fully saturated rings. The number of hydrogen-bond donors (Lipinski definition) is 1. The third-order valence-electron chi connectivity index (χ3n) is 3.13. The van der Waals surface area contributed by atoms with Gasteiger partial charge in [0.2, 0.25) is 0 Å². The van der Waals surface area contributed by atoms with E-state index in [0.717, 1.165) is 13.2 Å². The van der Waals surface area contributed by atoms with Crippen LogP contribution in [0.4, 0.5) is 0 Å². The first-order valence-electron chi connectivity index (χ1n) is 5.33. The second kappa shape index (κ2) is 3.65. The van der Waals surface area contributed by atoms with E-state index in [1.54, 1.807) is 10.4 Å². The van der Waals surface area contributed by atoms with E-state index in [2.05, 4.69) is 16.8 Å². The summed E-state index contributed by atoms with van der Waals surface area (Å²) in [5, 5.41) is 5.90. The van der Waals surface area contributed by atoms with E-state index in [1.165, 1.54) is 19.3 Å². The Morgan fingerprint density at radius 3 is 3.14 bits per heavy atom. The van der Waals surface area contributed by atoms with Crippen LogP contribution in [0, 0.1) is 0 Å². The Labute approximate surface area is 88.3 Å². The second-order valence-corrected chi connectivity index (χ2v) is 5.15. The Morgan fingerprint density at radius 2 is 2.36 bits per heavy atom. The Bertz CT molecular complexity index is 319. The van der Waals surface area contributed by atoms with Gasteiger partial charge in [0.25, 0.3) is 0 Å². The highest BCUT2D eigenvalue weighted by Crippen LogP contribution is 2.33. The molecule has 3 rings (SSSR count). The molecule has 1 aliphatic carbocycles. The summed E-state index contributed by atoms with van der Waals surface area (Å²) in [7, 11) is 0. The van der Waals surface area contributed by atoms with Crippen LogP contribution >= 0.6 is 11.3 Å². The summed E-state index contributed by atoms with van der Waals surface area (Å²) >= 11 is 1.91. The molecular formula is C11H15NOS. The van der Waals surface area contributed by atoms with Gasteiger partial charge in [0, 0.05) is 10.9 Å². The Morgan fingerprint density at radius 1 is 1.43 bits per heavy atom. The zero-order valence-electron chi connectivity index (χ0n) is 8.16. The molecule has 0 spiro atoms. The summed E-state index contributed by atoms with van der Waals surface area (Å²) in [4.78, 5) is 1.59. The van der Waals surface area contributed by atoms with Crippen LogP contribution < -0.4 is 5.32 Å². The number of rotatable bonds is 2.